The zero-order chi connectivity index (χ0) is 21.4. The molecule has 1 amide bonds. The number of anilines is 1. The highest BCUT2D eigenvalue weighted by Gasteiger charge is 2.41. The molecule has 30 heavy (non-hydrogen) atoms. The lowest BCUT2D eigenvalue weighted by atomic mass is 9.76. The summed E-state index contributed by atoms with van der Waals surface area (Å²) in [7, 11) is 0. The smallest absolute Gasteiger partial charge is 0.410 e. The maximum Gasteiger partial charge on any atom is 0.410 e. The fourth-order valence-corrected chi connectivity index (χ4v) is 5.51. The fourth-order valence-electron chi connectivity index (χ4n) is 4.53. The number of nitrogens with zero attached hydrogens (tertiary/aromatic N) is 3. The highest BCUT2D eigenvalue weighted by molar-refractivity contribution is 7.13. The number of aromatic nitrogens is 1. The molecular weight excluding hydrogens is 401 g/mol. The third-order valence-electron chi connectivity index (χ3n) is 6.03. The number of thiazole rings is 1. The number of carbonyl (C=O) groups is 1. The third-order valence-corrected chi connectivity index (χ3v) is 6.93. The quantitative estimate of drug-likeness (QED) is 0.670. The standard InChI is InChI=1S/C23H30FN3O2S/c1-22(2,3)29-21(28)27-14-12-26(13-15-27)20-25-19(16-30-20)23(10-6-7-11-23)17-8-4-5-9-18(17)24/h4-5,8-9,16H,6-7,10-15H2,1-3H3. The number of ether oxygens (including phenoxy) is 1. The topological polar surface area (TPSA) is 45.7 Å². The van der Waals surface area contributed by atoms with Crippen molar-refractivity contribution in [2.24, 2.45) is 0 Å². The van der Waals surface area contributed by atoms with Crippen LogP contribution in [-0.2, 0) is 10.2 Å². The molecule has 0 bridgehead atoms. The van der Waals surface area contributed by atoms with Crippen molar-refractivity contribution in [1.82, 2.24) is 9.88 Å². The van der Waals surface area contributed by atoms with Crippen LogP contribution < -0.4 is 4.90 Å². The Labute approximate surface area is 181 Å². The van der Waals surface area contributed by atoms with Crippen molar-refractivity contribution >= 4 is 22.6 Å². The van der Waals surface area contributed by atoms with Crippen molar-refractivity contribution in [2.45, 2.75) is 57.5 Å². The Morgan fingerprint density at radius 1 is 1.13 bits per heavy atom. The molecule has 162 valence electrons. The maximum atomic E-state index is 14.7. The molecule has 0 radical (unpaired) electrons. The molecule has 5 nitrogen and oxygen atoms in total. The lowest BCUT2D eigenvalue weighted by molar-refractivity contribution is 0.0240. The number of carbonyl (C=O) groups excluding carboxylic acids is 1. The Kier molecular flexibility index (Phi) is 5.75. The van der Waals surface area contributed by atoms with Gasteiger partial charge in [-0.25, -0.2) is 14.2 Å². The van der Waals surface area contributed by atoms with E-state index in [4.69, 9.17) is 9.72 Å². The van der Waals surface area contributed by atoms with Crippen LogP contribution in [0.15, 0.2) is 29.6 Å². The molecule has 2 heterocycles. The Morgan fingerprint density at radius 3 is 2.43 bits per heavy atom. The molecule has 2 aromatic rings. The first-order valence-corrected chi connectivity index (χ1v) is 11.6. The summed E-state index contributed by atoms with van der Waals surface area (Å²) in [6.45, 7) is 8.31. The molecule has 0 atom stereocenters. The van der Waals surface area contributed by atoms with Gasteiger partial charge in [0.15, 0.2) is 5.13 Å². The van der Waals surface area contributed by atoms with Crippen LogP contribution in [0, 0.1) is 5.82 Å². The molecular formula is C23H30FN3O2S. The molecule has 1 saturated carbocycles. The first kappa shape index (κ1) is 21.1. The zero-order valence-corrected chi connectivity index (χ0v) is 18.8. The van der Waals surface area contributed by atoms with E-state index in [9.17, 15) is 9.18 Å². The van der Waals surface area contributed by atoms with Crippen LogP contribution in [0.4, 0.5) is 14.3 Å². The minimum absolute atomic E-state index is 0.139. The van der Waals surface area contributed by atoms with Gasteiger partial charge in [-0.1, -0.05) is 31.0 Å². The number of halogens is 1. The van der Waals surface area contributed by atoms with Crippen LogP contribution in [-0.4, -0.2) is 47.8 Å². The number of rotatable bonds is 3. The highest BCUT2D eigenvalue weighted by atomic mass is 32.1. The van der Waals surface area contributed by atoms with E-state index in [1.165, 1.54) is 0 Å². The van der Waals surface area contributed by atoms with Crippen LogP contribution in [0.3, 0.4) is 0 Å². The van der Waals surface area contributed by atoms with E-state index in [0.717, 1.165) is 55.2 Å². The molecule has 1 aliphatic heterocycles. The second-order valence-corrected chi connectivity index (χ2v) is 10.1. The van der Waals surface area contributed by atoms with E-state index in [2.05, 4.69) is 10.3 Å². The van der Waals surface area contributed by atoms with E-state index in [0.29, 0.717) is 13.1 Å². The molecule has 0 unspecified atom stereocenters. The van der Waals surface area contributed by atoms with Crippen molar-refractivity contribution < 1.29 is 13.9 Å². The largest absolute Gasteiger partial charge is 0.444 e. The van der Waals surface area contributed by atoms with Crippen molar-refractivity contribution in [3.05, 3.63) is 46.7 Å². The van der Waals surface area contributed by atoms with Gasteiger partial charge in [0.1, 0.15) is 11.4 Å². The summed E-state index contributed by atoms with van der Waals surface area (Å²) in [6.07, 6.45) is 3.80. The van der Waals surface area contributed by atoms with Gasteiger partial charge in [-0.3, -0.25) is 0 Å². The average Bonchev–Trinajstić information content (AvgIpc) is 3.38. The molecule has 1 aliphatic carbocycles. The Balaban J connectivity index is 1.48. The van der Waals surface area contributed by atoms with Crippen LogP contribution in [0.5, 0.6) is 0 Å². The summed E-state index contributed by atoms with van der Waals surface area (Å²) in [4.78, 5) is 21.3. The molecule has 1 aromatic heterocycles. The van der Waals surface area contributed by atoms with Gasteiger partial charge in [-0.2, -0.15) is 0 Å². The minimum atomic E-state index is -0.485. The zero-order valence-electron chi connectivity index (χ0n) is 18.0. The monoisotopic (exact) mass is 431 g/mol. The van der Waals surface area contributed by atoms with Crippen LogP contribution in [0.2, 0.25) is 0 Å². The predicted octanol–water partition coefficient (Wildman–Crippen LogP) is 5.20. The number of hydrogen-bond donors (Lipinski definition) is 0. The molecule has 4 rings (SSSR count). The molecule has 2 fully saturated rings. The van der Waals surface area contributed by atoms with Crippen molar-refractivity contribution in [1.29, 1.82) is 0 Å². The first-order chi connectivity index (χ1) is 14.3. The van der Waals surface area contributed by atoms with Crippen molar-refractivity contribution in [3.8, 4) is 0 Å². The Bertz CT molecular complexity index is 894. The van der Waals surface area contributed by atoms with E-state index in [1.54, 1.807) is 28.4 Å². The summed E-state index contributed by atoms with van der Waals surface area (Å²) in [5.41, 5.74) is 0.952. The van der Waals surface area contributed by atoms with Gasteiger partial charge in [0.2, 0.25) is 0 Å². The Hall–Kier alpha value is -2.15. The van der Waals surface area contributed by atoms with Gasteiger partial charge in [-0.15, -0.1) is 11.3 Å². The van der Waals surface area contributed by atoms with E-state index >= 15 is 0 Å². The molecule has 1 aromatic carbocycles. The van der Waals surface area contributed by atoms with Crippen LogP contribution in [0.1, 0.15) is 57.7 Å². The van der Waals surface area contributed by atoms with Crippen LogP contribution >= 0.6 is 11.3 Å². The van der Waals surface area contributed by atoms with Gasteiger partial charge in [0.25, 0.3) is 0 Å². The van der Waals surface area contributed by atoms with Gasteiger partial charge < -0.3 is 14.5 Å². The lowest BCUT2D eigenvalue weighted by Crippen LogP contribution is -2.50. The molecule has 7 heteroatoms. The summed E-state index contributed by atoms with van der Waals surface area (Å²) < 4.78 is 20.2. The average molecular weight is 432 g/mol. The van der Waals surface area contributed by atoms with Gasteiger partial charge in [-0.05, 0) is 45.2 Å². The highest BCUT2D eigenvalue weighted by Crippen LogP contribution is 2.48. The molecule has 0 N–H and O–H groups in total. The van der Waals surface area contributed by atoms with Gasteiger partial charge in [0.05, 0.1) is 5.69 Å². The number of hydrogen-bond acceptors (Lipinski definition) is 5. The maximum absolute atomic E-state index is 14.7. The fraction of sp³-hybridized carbons (Fsp3) is 0.565. The van der Waals surface area contributed by atoms with E-state index in [1.807, 2.05) is 32.9 Å². The first-order valence-electron chi connectivity index (χ1n) is 10.7. The number of piperazine rings is 1. The summed E-state index contributed by atoms with van der Waals surface area (Å²) in [5.74, 6) is -0.139. The van der Waals surface area contributed by atoms with Crippen molar-refractivity contribution in [2.75, 3.05) is 31.1 Å². The normalized spacial score (nSPS) is 19.2. The lowest BCUT2D eigenvalue weighted by Gasteiger charge is -2.35. The van der Waals surface area contributed by atoms with Gasteiger partial charge in [0, 0.05) is 37.0 Å². The van der Waals surface area contributed by atoms with Crippen LogP contribution in [0.25, 0.3) is 0 Å². The predicted molar refractivity (Wildman–Crippen MR) is 118 cm³/mol. The minimum Gasteiger partial charge on any atom is -0.444 e. The number of amides is 1. The SMILES string of the molecule is CC(C)(C)OC(=O)N1CCN(c2nc(C3(c4ccccc4F)CCCC3)cs2)CC1. The molecule has 0 spiro atoms. The third kappa shape index (κ3) is 4.17. The summed E-state index contributed by atoms with van der Waals surface area (Å²) >= 11 is 1.62. The summed E-state index contributed by atoms with van der Waals surface area (Å²) in [6, 6.07) is 7.14. The van der Waals surface area contributed by atoms with E-state index in [-0.39, 0.29) is 17.3 Å². The number of benzene rings is 1. The van der Waals surface area contributed by atoms with Crippen molar-refractivity contribution in [3.63, 3.8) is 0 Å². The van der Waals surface area contributed by atoms with Gasteiger partial charge >= 0.3 is 6.09 Å². The molecule has 2 aliphatic rings. The summed E-state index contributed by atoms with van der Waals surface area (Å²) in [5, 5.41) is 3.06. The van der Waals surface area contributed by atoms with E-state index < -0.39 is 5.60 Å². The molecule has 1 saturated heterocycles. The second kappa shape index (κ2) is 8.17. The second-order valence-electron chi connectivity index (χ2n) is 9.24. The Morgan fingerprint density at radius 2 is 1.80 bits per heavy atom.